The molecular formula is C28H44N2O5S. The lowest BCUT2D eigenvalue weighted by Crippen LogP contribution is -2.60. The summed E-state index contributed by atoms with van der Waals surface area (Å²) in [6.07, 6.45) is 7.53. The fourth-order valence-corrected chi connectivity index (χ4v) is 8.84. The molecule has 3 rings (SSSR count). The number of fused-ring (bicyclic) bond motifs is 1. The molecule has 36 heavy (non-hydrogen) atoms. The van der Waals surface area contributed by atoms with Crippen LogP contribution in [0.1, 0.15) is 59.8 Å². The van der Waals surface area contributed by atoms with E-state index in [1.165, 1.54) is 0 Å². The number of esters is 1. The summed E-state index contributed by atoms with van der Waals surface area (Å²) in [5.41, 5.74) is 0. The van der Waals surface area contributed by atoms with Crippen LogP contribution in [0.3, 0.4) is 0 Å². The number of unbranched alkanes of at least 4 members (excludes halogenated alkanes) is 2. The molecule has 0 saturated carbocycles. The number of carbonyl (C=O) groups is 3. The SMILES string of the molecule is C=CCCCOC(=O)[C@@H]1[C@H]2C(=O)N([C@@H](CO)C(C)C)C(C(=O)N(CC=C)CCCC)C23S[C@@H]1CC3C. The summed E-state index contributed by atoms with van der Waals surface area (Å²) >= 11 is 1.65. The first kappa shape index (κ1) is 28.8. The smallest absolute Gasteiger partial charge is 0.310 e. The van der Waals surface area contributed by atoms with Gasteiger partial charge in [0.1, 0.15) is 6.04 Å². The second-order valence-electron chi connectivity index (χ2n) is 10.8. The Morgan fingerprint density at radius 3 is 2.61 bits per heavy atom. The molecule has 3 fully saturated rings. The third kappa shape index (κ3) is 4.87. The van der Waals surface area contributed by atoms with Crippen LogP contribution in [0.2, 0.25) is 0 Å². The number of hydrogen-bond acceptors (Lipinski definition) is 6. The van der Waals surface area contributed by atoms with Crippen molar-refractivity contribution in [3.63, 3.8) is 0 Å². The van der Waals surface area contributed by atoms with Crippen LogP contribution >= 0.6 is 11.8 Å². The minimum atomic E-state index is -0.727. The van der Waals surface area contributed by atoms with Crippen LogP contribution in [0.15, 0.2) is 25.3 Å². The number of aliphatic hydroxyl groups excluding tert-OH is 1. The van der Waals surface area contributed by atoms with Crippen LogP contribution in [0.5, 0.6) is 0 Å². The number of hydrogen-bond donors (Lipinski definition) is 1. The molecule has 3 aliphatic rings. The average Bonchev–Trinajstić information content (AvgIpc) is 3.43. The second kappa shape index (κ2) is 12.2. The molecule has 7 atom stereocenters. The van der Waals surface area contributed by atoms with E-state index in [0.29, 0.717) is 26.1 Å². The first-order valence-electron chi connectivity index (χ1n) is 13.5. The summed E-state index contributed by atoms with van der Waals surface area (Å²) in [5.74, 6) is -1.79. The van der Waals surface area contributed by atoms with Crippen molar-refractivity contribution in [2.45, 2.75) is 81.9 Å². The molecule has 8 heteroatoms. The lowest BCUT2D eigenvalue weighted by molar-refractivity contribution is -0.155. The van der Waals surface area contributed by atoms with Crippen LogP contribution in [-0.4, -0.2) is 81.1 Å². The molecule has 3 aliphatic heterocycles. The highest BCUT2D eigenvalue weighted by molar-refractivity contribution is 8.02. The summed E-state index contributed by atoms with van der Waals surface area (Å²) in [6, 6.07) is -1.23. The molecular weight excluding hydrogens is 476 g/mol. The third-order valence-corrected chi connectivity index (χ3v) is 10.3. The topological polar surface area (TPSA) is 87.1 Å². The maximum absolute atomic E-state index is 14.3. The van der Waals surface area contributed by atoms with Gasteiger partial charge in [-0.2, -0.15) is 0 Å². The highest BCUT2D eigenvalue weighted by Crippen LogP contribution is 2.69. The number of likely N-dealkylation sites (tertiary alicyclic amines) is 1. The third-order valence-electron chi connectivity index (χ3n) is 8.24. The monoisotopic (exact) mass is 520 g/mol. The summed E-state index contributed by atoms with van der Waals surface area (Å²) in [5, 5.41) is 10.3. The molecule has 7 nitrogen and oxygen atoms in total. The molecule has 0 radical (unpaired) electrons. The van der Waals surface area contributed by atoms with Crippen molar-refractivity contribution in [2.24, 2.45) is 23.7 Å². The van der Waals surface area contributed by atoms with E-state index in [4.69, 9.17) is 4.74 Å². The van der Waals surface area contributed by atoms with Crippen molar-refractivity contribution in [1.82, 2.24) is 9.80 Å². The Hall–Kier alpha value is -1.80. The molecule has 0 aromatic heterocycles. The van der Waals surface area contributed by atoms with Gasteiger partial charge in [0.2, 0.25) is 11.8 Å². The van der Waals surface area contributed by atoms with Gasteiger partial charge >= 0.3 is 5.97 Å². The van der Waals surface area contributed by atoms with E-state index in [1.807, 2.05) is 13.8 Å². The molecule has 0 aromatic carbocycles. The van der Waals surface area contributed by atoms with Crippen LogP contribution in [0.4, 0.5) is 0 Å². The fourth-order valence-electron chi connectivity index (χ4n) is 6.45. The molecule has 3 unspecified atom stereocenters. The summed E-state index contributed by atoms with van der Waals surface area (Å²) in [4.78, 5) is 45.3. The van der Waals surface area contributed by atoms with Gasteiger partial charge in [-0.3, -0.25) is 14.4 Å². The highest BCUT2D eigenvalue weighted by atomic mass is 32.2. The van der Waals surface area contributed by atoms with Gasteiger partial charge in [0, 0.05) is 18.3 Å². The number of aliphatic hydroxyl groups is 1. The zero-order chi connectivity index (χ0) is 26.6. The molecule has 0 aliphatic carbocycles. The molecule has 3 heterocycles. The Morgan fingerprint density at radius 1 is 1.31 bits per heavy atom. The Bertz CT molecular complexity index is 848. The number of rotatable bonds is 14. The van der Waals surface area contributed by atoms with E-state index in [9.17, 15) is 19.5 Å². The highest BCUT2D eigenvalue weighted by Gasteiger charge is 2.77. The lowest BCUT2D eigenvalue weighted by atomic mass is 9.66. The van der Waals surface area contributed by atoms with Gasteiger partial charge in [0.25, 0.3) is 0 Å². The summed E-state index contributed by atoms with van der Waals surface area (Å²) in [7, 11) is 0. The zero-order valence-corrected chi connectivity index (χ0v) is 23.2. The maximum atomic E-state index is 14.3. The molecule has 202 valence electrons. The van der Waals surface area contributed by atoms with Crippen molar-refractivity contribution in [2.75, 3.05) is 26.3 Å². The molecule has 1 N–H and O–H groups in total. The van der Waals surface area contributed by atoms with E-state index in [2.05, 4.69) is 27.0 Å². The van der Waals surface area contributed by atoms with E-state index < -0.39 is 28.7 Å². The summed E-state index contributed by atoms with van der Waals surface area (Å²) < 4.78 is 4.93. The van der Waals surface area contributed by atoms with Crippen molar-refractivity contribution >= 4 is 29.5 Å². The number of nitrogens with zero attached hydrogens (tertiary/aromatic N) is 2. The van der Waals surface area contributed by atoms with Gasteiger partial charge in [0.05, 0.1) is 35.8 Å². The molecule has 1 spiro atoms. The minimum Gasteiger partial charge on any atom is -0.465 e. The second-order valence-corrected chi connectivity index (χ2v) is 12.4. The van der Waals surface area contributed by atoms with Crippen LogP contribution in [-0.2, 0) is 19.1 Å². The van der Waals surface area contributed by atoms with Gasteiger partial charge in [0.15, 0.2) is 0 Å². The lowest BCUT2D eigenvalue weighted by Gasteiger charge is -2.42. The van der Waals surface area contributed by atoms with Crippen LogP contribution in [0.25, 0.3) is 0 Å². The Kier molecular flexibility index (Phi) is 9.72. The number of ether oxygens (including phenoxy) is 1. The molecule has 2 amide bonds. The van der Waals surface area contributed by atoms with Gasteiger partial charge in [-0.05, 0) is 37.5 Å². The number of carbonyl (C=O) groups excluding carboxylic acids is 3. The largest absolute Gasteiger partial charge is 0.465 e. The number of amides is 2. The Morgan fingerprint density at radius 2 is 2.03 bits per heavy atom. The van der Waals surface area contributed by atoms with Crippen molar-refractivity contribution < 1.29 is 24.2 Å². The van der Waals surface area contributed by atoms with E-state index in [-0.39, 0.29) is 41.5 Å². The van der Waals surface area contributed by atoms with Crippen molar-refractivity contribution in [3.05, 3.63) is 25.3 Å². The first-order valence-corrected chi connectivity index (χ1v) is 14.4. The number of allylic oxidation sites excluding steroid dienone is 1. The van der Waals surface area contributed by atoms with E-state index >= 15 is 0 Å². The van der Waals surface area contributed by atoms with Gasteiger partial charge in [-0.15, -0.1) is 24.9 Å². The van der Waals surface area contributed by atoms with Gasteiger partial charge in [-0.25, -0.2) is 0 Å². The molecule has 0 aromatic rings. The van der Waals surface area contributed by atoms with Gasteiger partial charge < -0.3 is 19.6 Å². The quantitative estimate of drug-likeness (QED) is 0.214. The summed E-state index contributed by atoms with van der Waals surface area (Å²) in [6.45, 7) is 16.7. The van der Waals surface area contributed by atoms with Crippen LogP contribution < -0.4 is 0 Å². The van der Waals surface area contributed by atoms with Gasteiger partial charge in [-0.1, -0.05) is 46.3 Å². The normalized spacial score (nSPS) is 31.4. The average molecular weight is 521 g/mol. The number of thioether (sulfide) groups is 1. The van der Waals surface area contributed by atoms with Crippen LogP contribution in [0, 0.1) is 23.7 Å². The molecule has 3 saturated heterocycles. The fraction of sp³-hybridized carbons (Fsp3) is 0.750. The minimum absolute atomic E-state index is 0.0465. The van der Waals surface area contributed by atoms with Crippen molar-refractivity contribution in [1.29, 1.82) is 0 Å². The van der Waals surface area contributed by atoms with E-state index in [1.54, 1.807) is 33.7 Å². The first-order chi connectivity index (χ1) is 17.2. The van der Waals surface area contributed by atoms with E-state index in [0.717, 1.165) is 25.7 Å². The maximum Gasteiger partial charge on any atom is 0.310 e. The standard InChI is InChI=1S/C28H44N2O5S/c1-7-10-12-15-35-27(34)22-21-16-19(6)28(36-21)23(22)25(32)30(20(17-31)18(4)5)24(28)26(33)29(13-9-3)14-11-8-2/h7,9,18-24,31H,1,3,8,10-17H2,2,4-6H3/t19?,20-,21+,22-,23-,24?,28?/m0/s1. The predicted molar refractivity (Wildman–Crippen MR) is 143 cm³/mol. The predicted octanol–water partition coefficient (Wildman–Crippen LogP) is 3.66. The Balaban J connectivity index is 2.04. The Labute approximate surface area is 220 Å². The zero-order valence-electron chi connectivity index (χ0n) is 22.4. The van der Waals surface area contributed by atoms with Crippen molar-refractivity contribution in [3.8, 4) is 0 Å². The molecule has 2 bridgehead atoms.